The van der Waals surface area contributed by atoms with Gasteiger partial charge in [0.05, 0.1) is 11.4 Å². The van der Waals surface area contributed by atoms with Crippen LogP contribution in [-0.2, 0) is 4.79 Å². The van der Waals surface area contributed by atoms with Crippen molar-refractivity contribution in [2.75, 3.05) is 30.4 Å². The van der Waals surface area contributed by atoms with Crippen LogP contribution in [0.2, 0.25) is 0 Å². The van der Waals surface area contributed by atoms with E-state index < -0.39 is 6.04 Å². The van der Waals surface area contributed by atoms with Gasteiger partial charge in [-0.1, -0.05) is 66.7 Å². The number of aliphatic imine (C=N–C) groups is 1. The van der Waals surface area contributed by atoms with E-state index in [1.165, 1.54) is 11.3 Å². The first kappa shape index (κ1) is 18.6. The molecule has 5 rings (SSSR count). The van der Waals surface area contributed by atoms with E-state index in [1.54, 1.807) is 4.90 Å². The predicted molar refractivity (Wildman–Crippen MR) is 123 cm³/mol. The number of rotatable bonds is 3. The molecule has 2 atom stereocenters. The smallest absolute Gasteiger partial charge is 0.251 e. The molecule has 0 fully saturated rings. The van der Waals surface area contributed by atoms with Crippen molar-refractivity contribution in [3.05, 3.63) is 95.6 Å². The van der Waals surface area contributed by atoms with Gasteiger partial charge in [-0.05, 0) is 24.1 Å². The molecule has 0 aliphatic carbocycles. The van der Waals surface area contributed by atoms with Crippen molar-refractivity contribution >= 4 is 23.0 Å². The molecule has 1 unspecified atom stereocenters. The lowest BCUT2D eigenvalue weighted by Gasteiger charge is -2.22. The van der Waals surface area contributed by atoms with E-state index in [0.29, 0.717) is 6.42 Å². The zero-order valence-electron chi connectivity index (χ0n) is 17.3. The SMILES string of the molecule is CN1C[C@@H](CC2N=C(c3ccccc3)c3ccccc3N(C)C2=O)c2ccccc21. The van der Waals surface area contributed by atoms with Crippen LogP contribution in [0.4, 0.5) is 11.4 Å². The Hall–Kier alpha value is -3.40. The largest absolute Gasteiger partial charge is 0.374 e. The number of benzodiazepines with no additional fused rings is 1. The summed E-state index contributed by atoms with van der Waals surface area (Å²) < 4.78 is 0. The van der Waals surface area contributed by atoms with Crippen molar-refractivity contribution in [2.24, 2.45) is 4.99 Å². The number of carbonyl (C=O) groups is 1. The van der Waals surface area contributed by atoms with Crippen LogP contribution in [0.3, 0.4) is 0 Å². The van der Waals surface area contributed by atoms with Crippen LogP contribution in [0.25, 0.3) is 0 Å². The number of amides is 1. The average molecular weight is 396 g/mol. The van der Waals surface area contributed by atoms with Crippen LogP contribution in [0.1, 0.15) is 29.0 Å². The van der Waals surface area contributed by atoms with Gasteiger partial charge >= 0.3 is 0 Å². The summed E-state index contributed by atoms with van der Waals surface area (Å²) in [6.45, 7) is 0.913. The van der Waals surface area contributed by atoms with Gasteiger partial charge in [-0.15, -0.1) is 0 Å². The van der Waals surface area contributed by atoms with E-state index in [2.05, 4.69) is 54.4 Å². The van der Waals surface area contributed by atoms with Gasteiger partial charge in [-0.2, -0.15) is 0 Å². The van der Waals surface area contributed by atoms with Crippen LogP contribution < -0.4 is 9.80 Å². The molecule has 150 valence electrons. The lowest BCUT2D eigenvalue weighted by atomic mass is 9.93. The first-order valence-corrected chi connectivity index (χ1v) is 10.4. The number of benzene rings is 3. The number of anilines is 2. The fourth-order valence-corrected chi connectivity index (χ4v) is 4.75. The quantitative estimate of drug-likeness (QED) is 0.655. The van der Waals surface area contributed by atoms with Crippen LogP contribution in [0.5, 0.6) is 0 Å². The zero-order valence-corrected chi connectivity index (χ0v) is 17.3. The number of carbonyl (C=O) groups excluding carboxylic acids is 1. The third-order valence-electron chi connectivity index (χ3n) is 6.26. The number of likely N-dealkylation sites (N-methyl/N-ethyl adjacent to an activating group) is 2. The second-order valence-corrected chi connectivity index (χ2v) is 8.15. The first-order chi connectivity index (χ1) is 14.6. The van der Waals surface area contributed by atoms with Crippen molar-refractivity contribution < 1.29 is 4.79 Å². The van der Waals surface area contributed by atoms with Crippen molar-refractivity contribution in [3.8, 4) is 0 Å². The first-order valence-electron chi connectivity index (χ1n) is 10.4. The number of para-hydroxylation sites is 2. The summed E-state index contributed by atoms with van der Waals surface area (Å²) >= 11 is 0. The van der Waals surface area contributed by atoms with Gasteiger partial charge in [0, 0.05) is 43.4 Å². The molecule has 2 aliphatic heterocycles. The van der Waals surface area contributed by atoms with Crippen molar-refractivity contribution in [3.63, 3.8) is 0 Å². The molecular weight excluding hydrogens is 370 g/mol. The molecule has 0 bridgehead atoms. The molecule has 3 aromatic carbocycles. The van der Waals surface area contributed by atoms with Gasteiger partial charge < -0.3 is 9.80 Å². The molecule has 2 heterocycles. The highest BCUT2D eigenvalue weighted by Gasteiger charge is 2.35. The number of fused-ring (bicyclic) bond motifs is 2. The van der Waals surface area contributed by atoms with Crippen LogP contribution in [0, 0.1) is 0 Å². The fourth-order valence-electron chi connectivity index (χ4n) is 4.75. The monoisotopic (exact) mass is 395 g/mol. The third-order valence-corrected chi connectivity index (χ3v) is 6.26. The van der Waals surface area contributed by atoms with Crippen molar-refractivity contribution in [1.82, 2.24) is 0 Å². The Kier molecular flexibility index (Phi) is 4.62. The maximum absolute atomic E-state index is 13.5. The highest BCUT2D eigenvalue weighted by molar-refractivity contribution is 6.20. The molecule has 0 saturated carbocycles. The van der Waals surface area contributed by atoms with Gasteiger partial charge in [0.1, 0.15) is 6.04 Å². The Bertz CT molecular complexity index is 1120. The van der Waals surface area contributed by atoms with Gasteiger partial charge in [0.2, 0.25) is 0 Å². The molecule has 0 saturated heterocycles. The lowest BCUT2D eigenvalue weighted by Crippen LogP contribution is -2.36. The Morgan fingerprint density at radius 2 is 1.53 bits per heavy atom. The van der Waals surface area contributed by atoms with E-state index in [9.17, 15) is 4.79 Å². The van der Waals surface area contributed by atoms with Crippen LogP contribution in [0.15, 0.2) is 83.9 Å². The molecule has 0 N–H and O–H groups in total. The Balaban J connectivity index is 1.58. The maximum atomic E-state index is 13.5. The topological polar surface area (TPSA) is 35.9 Å². The van der Waals surface area contributed by atoms with Crippen LogP contribution >= 0.6 is 0 Å². The lowest BCUT2D eigenvalue weighted by molar-refractivity contribution is -0.119. The summed E-state index contributed by atoms with van der Waals surface area (Å²) in [6, 6.07) is 26.3. The highest BCUT2D eigenvalue weighted by atomic mass is 16.2. The number of hydrogen-bond acceptors (Lipinski definition) is 3. The standard InChI is InChI=1S/C26H25N3O/c1-28-17-19(20-12-6-8-14-23(20)28)16-22-26(30)29(2)24-15-9-7-13-21(24)25(27-22)18-10-4-3-5-11-18/h3-15,19,22H,16-17H2,1-2H3/t19-,22?/m1/s1. The number of hydrogen-bond donors (Lipinski definition) is 0. The summed E-state index contributed by atoms with van der Waals surface area (Å²) in [5, 5.41) is 0. The Morgan fingerprint density at radius 1 is 0.867 bits per heavy atom. The van der Waals surface area contributed by atoms with Crippen molar-refractivity contribution in [1.29, 1.82) is 0 Å². The highest BCUT2D eigenvalue weighted by Crippen LogP contribution is 2.39. The van der Waals surface area contributed by atoms with Gasteiger partial charge in [0.15, 0.2) is 0 Å². The normalized spacial score (nSPS) is 20.5. The summed E-state index contributed by atoms with van der Waals surface area (Å²) in [6.07, 6.45) is 0.703. The van der Waals surface area contributed by atoms with Crippen LogP contribution in [-0.4, -0.2) is 38.3 Å². The molecule has 4 heteroatoms. The second kappa shape index (κ2) is 7.45. The zero-order chi connectivity index (χ0) is 20.7. The summed E-state index contributed by atoms with van der Waals surface area (Å²) in [4.78, 5) is 22.6. The second-order valence-electron chi connectivity index (χ2n) is 8.15. The van der Waals surface area contributed by atoms with Gasteiger partial charge in [0.25, 0.3) is 5.91 Å². The number of nitrogens with zero attached hydrogens (tertiary/aromatic N) is 3. The summed E-state index contributed by atoms with van der Waals surface area (Å²) in [5.74, 6) is 0.343. The van der Waals surface area contributed by atoms with E-state index in [0.717, 1.165) is 29.1 Å². The third kappa shape index (κ3) is 3.09. The minimum absolute atomic E-state index is 0.0559. The maximum Gasteiger partial charge on any atom is 0.251 e. The van der Waals surface area contributed by atoms with Gasteiger partial charge in [-0.25, -0.2) is 0 Å². The molecule has 30 heavy (non-hydrogen) atoms. The van der Waals surface area contributed by atoms with E-state index >= 15 is 0 Å². The molecule has 3 aromatic rings. The molecule has 1 amide bonds. The predicted octanol–water partition coefficient (Wildman–Crippen LogP) is 4.49. The Morgan fingerprint density at radius 3 is 2.33 bits per heavy atom. The summed E-state index contributed by atoms with van der Waals surface area (Å²) in [7, 11) is 3.99. The van der Waals surface area contributed by atoms with E-state index in [4.69, 9.17) is 4.99 Å². The summed E-state index contributed by atoms with van der Waals surface area (Å²) in [5.41, 5.74) is 6.43. The molecule has 0 aromatic heterocycles. The van der Waals surface area contributed by atoms with Gasteiger partial charge in [-0.3, -0.25) is 9.79 Å². The van der Waals surface area contributed by atoms with E-state index in [-0.39, 0.29) is 11.8 Å². The molecule has 0 radical (unpaired) electrons. The molecular formula is C26H25N3O. The van der Waals surface area contributed by atoms with E-state index in [1.807, 2.05) is 43.4 Å². The fraction of sp³-hybridized carbons (Fsp3) is 0.231. The molecule has 4 nitrogen and oxygen atoms in total. The van der Waals surface area contributed by atoms with Crippen molar-refractivity contribution in [2.45, 2.75) is 18.4 Å². The minimum atomic E-state index is -0.415. The minimum Gasteiger partial charge on any atom is -0.374 e. The molecule has 0 spiro atoms. The Labute approximate surface area is 177 Å². The average Bonchev–Trinajstić information content (AvgIpc) is 3.06. The molecule has 2 aliphatic rings.